The van der Waals surface area contributed by atoms with E-state index >= 15 is 0 Å². The van der Waals surface area contributed by atoms with E-state index in [4.69, 9.17) is 0 Å². The van der Waals surface area contributed by atoms with Crippen molar-refractivity contribution < 1.29 is 0 Å². The second-order valence-corrected chi connectivity index (χ2v) is 4.89. The Morgan fingerprint density at radius 3 is 1.70 bits per heavy atom. The maximum absolute atomic E-state index is 2.96. The molecule has 5 atom stereocenters. The van der Waals surface area contributed by atoms with Gasteiger partial charge in [0.15, 0.2) is 0 Å². The Morgan fingerprint density at radius 1 is 1.20 bits per heavy atom. The molecule has 0 nitrogen and oxygen atoms in total. The third kappa shape index (κ3) is 1.37. The topological polar surface area (TPSA) is 0 Å². The molecule has 0 heterocycles. The normalized spacial score (nSPS) is 42.0. The summed E-state index contributed by atoms with van der Waals surface area (Å²) >= 11 is 0. The lowest BCUT2D eigenvalue weighted by Crippen LogP contribution is -2.07. The molecule has 60 valence electrons. The van der Waals surface area contributed by atoms with E-state index in [-0.39, 0.29) is 0 Å². The molecule has 1 rings (SSSR count). The first kappa shape index (κ1) is 8.53. The molecule has 1 heteroatoms. The average Bonchev–Trinajstić information content (AvgIpc) is 2.40. The summed E-state index contributed by atoms with van der Waals surface area (Å²) in [5.74, 6) is 3.72. The van der Waals surface area contributed by atoms with Gasteiger partial charge in [0.05, 0.1) is 0 Å². The quantitative estimate of drug-likeness (QED) is 0.542. The molecule has 0 N–H and O–H groups in total. The largest absolute Gasteiger partial charge is 0.134 e. The van der Waals surface area contributed by atoms with Crippen LogP contribution in [0.25, 0.3) is 0 Å². The molecular formula is C9H19P. The van der Waals surface area contributed by atoms with Crippen LogP contribution in [0.5, 0.6) is 0 Å². The molecule has 0 bridgehead atoms. The van der Waals surface area contributed by atoms with Gasteiger partial charge in [-0.1, -0.05) is 27.7 Å². The van der Waals surface area contributed by atoms with Crippen LogP contribution >= 0.6 is 9.24 Å². The van der Waals surface area contributed by atoms with Crippen LogP contribution < -0.4 is 0 Å². The second kappa shape index (κ2) is 2.81. The van der Waals surface area contributed by atoms with Gasteiger partial charge in [0, 0.05) is 0 Å². The molecule has 5 unspecified atom stereocenters. The first-order chi connectivity index (χ1) is 4.55. The highest BCUT2D eigenvalue weighted by atomic mass is 31.0. The fourth-order valence-corrected chi connectivity index (χ4v) is 2.63. The molecule has 1 saturated carbocycles. The van der Waals surface area contributed by atoms with Gasteiger partial charge in [0.25, 0.3) is 0 Å². The van der Waals surface area contributed by atoms with Crippen molar-refractivity contribution in [3.8, 4) is 0 Å². The Labute approximate surface area is 67.0 Å². The van der Waals surface area contributed by atoms with Gasteiger partial charge in [-0.25, -0.2) is 0 Å². The van der Waals surface area contributed by atoms with E-state index in [2.05, 4.69) is 36.9 Å². The van der Waals surface area contributed by atoms with E-state index in [1.807, 2.05) is 0 Å². The minimum atomic E-state index is 0.859. The van der Waals surface area contributed by atoms with Crippen LogP contribution in [0, 0.1) is 23.7 Å². The van der Waals surface area contributed by atoms with Crippen molar-refractivity contribution in [1.29, 1.82) is 0 Å². The highest BCUT2D eigenvalue weighted by Crippen LogP contribution is 2.51. The molecule has 0 aliphatic heterocycles. The molecule has 1 fully saturated rings. The minimum Gasteiger partial charge on any atom is -0.134 e. The molecular weight excluding hydrogens is 139 g/mol. The van der Waals surface area contributed by atoms with Gasteiger partial charge in [-0.2, -0.15) is 0 Å². The first-order valence-corrected chi connectivity index (χ1v) is 4.98. The number of hydrogen-bond donors (Lipinski definition) is 0. The van der Waals surface area contributed by atoms with Gasteiger partial charge < -0.3 is 0 Å². The van der Waals surface area contributed by atoms with Crippen molar-refractivity contribution in [1.82, 2.24) is 0 Å². The summed E-state index contributed by atoms with van der Waals surface area (Å²) in [6.45, 7) is 9.40. The molecule has 0 spiro atoms. The zero-order valence-electron chi connectivity index (χ0n) is 7.46. The fourth-order valence-electron chi connectivity index (χ4n) is 1.80. The van der Waals surface area contributed by atoms with Gasteiger partial charge in [-0.15, -0.1) is 9.24 Å². The van der Waals surface area contributed by atoms with E-state index in [0.717, 1.165) is 29.3 Å². The Hall–Kier alpha value is 0.430. The molecule has 0 amide bonds. The van der Waals surface area contributed by atoms with Crippen LogP contribution in [-0.4, -0.2) is 5.66 Å². The van der Waals surface area contributed by atoms with Gasteiger partial charge in [0.1, 0.15) is 0 Å². The molecule has 1 aliphatic rings. The smallest absolute Gasteiger partial charge is 0.0202 e. The Balaban J connectivity index is 2.38. The maximum atomic E-state index is 2.96. The van der Waals surface area contributed by atoms with Gasteiger partial charge in [-0.05, 0) is 29.3 Å². The van der Waals surface area contributed by atoms with Crippen molar-refractivity contribution in [2.24, 2.45) is 23.7 Å². The molecule has 10 heavy (non-hydrogen) atoms. The van der Waals surface area contributed by atoms with E-state index in [1.165, 1.54) is 0 Å². The van der Waals surface area contributed by atoms with E-state index < -0.39 is 0 Å². The van der Waals surface area contributed by atoms with Crippen LogP contribution in [0.2, 0.25) is 0 Å². The van der Waals surface area contributed by atoms with Crippen LogP contribution in [0.3, 0.4) is 0 Å². The summed E-state index contributed by atoms with van der Waals surface area (Å²) in [5.41, 5.74) is 0.914. The molecule has 0 aromatic heterocycles. The van der Waals surface area contributed by atoms with Crippen LogP contribution in [0.1, 0.15) is 27.7 Å². The third-order valence-electron chi connectivity index (χ3n) is 3.18. The van der Waals surface area contributed by atoms with E-state index in [9.17, 15) is 0 Å². The summed E-state index contributed by atoms with van der Waals surface area (Å²) in [6, 6.07) is 0. The zero-order valence-corrected chi connectivity index (χ0v) is 8.62. The van der Waals surface area contributed by atoms with Gasteiger partial charge >= 0.3 is 0 Å². The van der Waals surface area contributed by atoms with E-state index in [1.54, 1.807) is 0 Å². The SMILES string of the molecule is CC(C)C(C)C1C(C)C1P. The number of rotatable bonds is 2. The summed E-state index contributed by atoms with van der Waals surface area (Å²) in [6.07, 6.45) is 0. The second-order valence-electron chi connectivity index (χ2n) is 4.12. The molecule has 0 saturated heterocycles. The molecule has 1 aliphatic carbocycles. The fraction of sp³-hybridized carbons (Fsp3) is 1.00. The maximum Gasteiger partial charge on any atom is -0.0202 e. The Kier molecular flexibility index (Phi) is 2.40. The lowest BCUT2D eigenvalue weighted by atomic mass is 9.92. The summed E-state index contributed by atoms with van der Waals surface area (Å²) in [5, 5.41) is 0. The lowest BCUT2D eigenvalue weighted by molar-refractivity contribution is 0.359. The average molecular weight is 158 g/mol. The Morgan fingerprint density at radius 2 is 1.60 bits per heavy atom. The van der Waals surface area contributed by atoms with Crippen molar-refractivity contribution in [2.45, 2.75) is 33.4 Å². The van der Waals surface area contributed by atoms with Gasteiger partial charge in [0.2, 0.25) is 0 Å². The predicted octanol–water partition coefficient (Wildman–Crippen LogP) is 2.79. The van der Waals surface area contributed by atoms with Gasteiger partial charge in [-0.3, -0.25) is 0 Å². The minimum absolute atomic E-state index is 0.859. The summed E-state index contributed by atoms with van der Waals surface area (Å²) in [7, 11) is 2.96. The molecule has 0 aromatic rings. The van der Waals surface area contributed by atoms with Crippen LogP contribution in [0.4, 0.5) is 0 Å². The van der Waals surface area contributed by atoms with Crippen molar-refractivity contribution in [2.75, 3.05) is 0 Å². The molecule has 0 aromatic carbocycles. The summed E-state index contributed by atoms with van der Waals surface area (Å²) < 4.78 is 0. The lowest BCUT2D eigenvalue weighted by Gasteiger charge is -2.14. The monoisotopic (exact) mass is 158 g/mol. The summed E-state index contributed by atoms with van der Waals surface area (Å²) in [4.78, 5) is 0. The highest BCUT2D eigenvalue weighted by molar-refractivity contribution is 7.18. The third-order valence-corrected chi connectivity index (χ3v) is 4.23. The van der Waals surface area contributed by atoms with Crippen LogP contribution in [-0.2, 0) is 0 Å². The first-order valence-electron chi connectivity index (χ1n) is 4.31. The highest BCUT2D eigenvalue weighted by Gasteiger charge is 2.46. The van der Waals surface area contributed by atoms with E-state index in [0.29, 0.717) is 0 Å². The molecule has 0 radical (unpaired) electrons. The van der Waals surface area contributed by atoms with Crippen molar-refractivity contribution >= 4 is 9.24 Å². The number of hydrogen-bond acceptors (Lipinski definition) is 0. The van der Waals surface area contributed by atoms with Crippen molar-refractivity contribution in [3.05, 3.63) is 0 Å². The Bertz CT molecular complexity index is 105. The standard InChI is InChI=1S/C9H19P/c1-5(2)6(3)8-7(4)9(8)10/h5-9H,10H2,1-4H3. The zero-order chi connectivity index (χ0) is 7.89. The van der Waals surface area contributed by atoms with Crippen molar-refractivity contribution in [3.63, 3.8) is 0 Å². The predicted molar refractivity (Wildman–Crippen MR) is 50.2 cm³/mol. The van der Waals surface area contributed by atoms with Crippen LogP contribution in [0.15, 0.2) is 0 Å².